The van der Waals surface area contributed by atoms with Crippen molar-refractivity contribution in [1.82, 2.24) is 0 Å². The van der Waals surface area contributed by atoms with E-state index >= 15 is 0 Å². The van der Waals surface area contributed by atoms with Crippen molar-refractivity contribution in [3.63, 3.8) is 0 Å². The molecule has 1 unspecified atom stereocenters. The quantitative estimate of drug-likeness (QED) is 0.832. The van der Waals surface area contributed by atoms with Crippen LogP contribution in [-0.2, 0) is 4.79 Å². The van der Waals surface area contributed by atoms with E-state index in [1.54, 1.807) is 13.0 Å². The molecule has 1 amide bonds. The van der Waals surface area contributed by atoms with Crippen LogP contribution in [0.5, 0.6) is 0 Å². The average molecular weight is 278 g/mol. The molecule has 0 radical (unpaired) electrons. The molecule has 18 heavy (non-hydrogen) atoms. The molecule has 1 atom stereocenters. The number of thioether (sulfide) groups is 1. The van der Waals surface area contributed by atoms with E-state index in [2.05, 4.69) is 5.32 Å². The smallest absolute Gasteiger partial charge is 0.327 e. The first-order valence-electron chi connectivity index (χ1n) is 5.18. The number of hydrogen-bond acceptors (Lipinski definition) is 3. The number of nitrogens with two attached hydrogens (primary N) is 1. The third-order valence-electron chi connectivity index (χ3n) is 1.89. The van der Waals surface area contributed by atoms with Gasteiger partial charge in [0.05, 0.1) is 5.69 Å². The van der Waals surface area contributed by atoms with Crippen LogP contribution in [-0.4, -0.2) is 17.5 Å². The molecule has 1 aromatic carbocycles. The second kappa shape index (κ2) is 6.10. The highest BCUT2D eigenvalue weighted by Gasteiger charge is 2.30. The maximum absolute atomic E-state index is 12.3. The molecule has 0 aliphatic carbocycles. The van der Waals surface area contributed by atoms with Gasteiger partial charge in [0, 0.05) is 17.4 Å². The highest BCUT2D eigenvalue weighted by molar-refractivity contribution is 8.00. The Labute approximate surface area is 107 Å². The Morgan fingerprint density at radius 2 is 2.06 bits per heavy atom. The zero-order valence-corrected chi connectivity index (χ0v) is 10.4. The summed E-state index contributed by atoms with van der Waals surface area (Å²) in [6.07, 6.45) is 0.0605. The minimum absolute atomic E-state index is 0.0389. The van der Waals surface area contributed by atoms with Crippen molar-refractivity contribution in [2.24, 2.45) is 5.73 Å². The molecule has 100 valence electrons. The molecule has 0 saturated heterocycles. The van der Waals surface area contributed by atoms with Gasteiger partial charge in [-0.25, -0.2) is 0 Å². The fraction of sp³-hybridized carbons (Fsp3) is 0.364. The summed E-state index contributed by atoms with van der Waals surface area (Å²) in [6, 6.07) is 5.43. The lowest BCUT2D eigenvalue weighted by Gasteiger charge is -2.12. The molecule has 0 saturated carbocycles. The summed E-state index contributed by atoms with van der Waals surface area (Å²) in [5, 5.41) is 2.42. The molecular weight excluding hydrogens is 265 g/mol. The fourth-order valence-corrected chi connectivity index (χ4v) is 1.90. The maximum Gasteiger partial charge on any atom is 0.446 e. The lowest BCUT2D eigenvalue weighted by molar-refractivity contribution is -0.116. The van der Waals surface area contributed by atoms with Crippen LogP contribution in [0.25, 0.3) is 0 Å². The number of halogens is 3. The zero-order chi connectivity index (χ0) is 13.8. The van der Waals surface area contributed by atoms with Crippen LogP contribution in [0.15, 0.2) is 29.2 Å². The number of anilines is 1. The highest BCUT2D eigenvalue weighted by Crippen LogP contribution is 2.40. The lowest BCUT2D eigenvalue weighted by Crippen LogP contribution is -2.24. The van der Waals surface area contributed by atoms with Crippen molar-refractivity contribution < 1.29 is 18.0 Å². The number of carbonyl (C=O) groups excluding carboxylic acids is 1. The van der Waals surface area contributed by atoms with E-state index in [4.69, 9.17) is 5.73 Å². The van der Waals surface area contributed by atoms with Crippen LogP contribution in [0.1, 0.15) is 13.3 Å². The number of carbonyl (C=O) groups is 1. The monoisotopic (exact) mass is 278 g/mol. The number of nitrogens with one attached hydrogen (secondary N) is 1. The number of benzene rings is 1. The molecular formula is C11H13F3N2OS. The SMILES string of the molecule is CC(N)CC(=O)Nc1ccccc1SC(F)(F)F. The van der Waals surface area contributed by atoms with Gasteiger partial charge in [0.25, 0.3) is 0 Å². The second-order valence-electron chi connectivity index (χ2n) is 3.77. The summed E-state index contributed by atoms with van der Waals surface area (Å²) in [5.41, 5.74) is 1.20. The van der Waals surface area contributed by atoms with E-state index in [9.17, 15) is 18.0 Å². The lowest BCUT2D eigenvalue weighted by atomic mass is 10.2. The van der Waals surface area contributed by atoms with Gasteiger partial charge in [0.1, 0.15) is 0 Å². The van der Waals surface area contributed by atoms with E-state index in [1.165, 1.54) is 18.2 Å². The van der Waals surface area contributed by atoms with Crippen molar-refractivity contribution in [3.05, 3.63) is 24.3 Å². The van der Waals surface area contributed by atoms with Crippen LogP contribution < -0.4 is 11.1 Å². The molecule has 0 aliphatic rings. The van der Waals surface area contributed by atoms with Crippen molar-refractivity contribution >= 4 is 23.4 Å². The Bertz CT molecular complexity index is 421. The van der Waals surface area contributed by atoms with Gasteiger partial charge in [-0.2, -0.15) is 13.2 Å². The number of alkyl halides is 3. The zero-order valence-electron chi connectivity index (χ0n) is 9.62. The summed E-state index contributed by atoms with van der Waals surface area (Å²) >= 11 is -0.258. The Hall–Kier alpha value is -1.21. The Morgan fingerprint density at radius 1 is 1.44 bits per heavy atom. The van der Waals surface area contributed by atoms with Crippen LogP contribution in [0.2, 0.25) is 0 Å². The molecule has 0 fully saturated rings. The number of rotatable bonds is 4. The summed E-state index contributed by atoms with van der Waals surface area (Å²) < 4.78 is 36.9. The van der Waals surface area contributed by atoms with E-state index in [1.807, 2.05) is 0 Å². The van der Waals surface area contributed by atoms with E-state index < -0.39 is 11.4 Å². The molecule has 0 aromatic heterocycles. The molecule has 0 aliphatic heterocycles. The van der Waals surface area contributed by atoms with Crippen LogP contribution in [0, 0.1) is 0 Å². The van der Waals surface area contributed by atoms with Gasteiger partial charge in [0.2, 0.25) is 5.91 Å². The predicted octanol–water partition coefficient (Wildman–Crippen LogP) is 2.97. The van der Waals surface area contributed by atoms with E-state index in [0.717, 1.165) is 0 Å². The molecule has 0 heterocycles. The van der Waals surface area contributed by atoms with Gasteiger partial charge in [0.15, 0.2) is 0 Å². The molecule has 7 heteroatoms. The maximum atomic E-state index is 12.3. The first kappa shape index (κ1) is 14.8. The Kier molecular flexibility index (Phi) is 5.03. The molecule has 0 spiro atoms. The van der Waals surface area contributed by atoms with Crippen molar-refractivity contribution in [1.29, 1.82) is 0 Å². The summed E-state index contributed by atoms with van der Waals surface area (Å²) in [7, 11) is 0. The minimum atomic E-state index is -4.39. The van der Waals surface area contributed by atoms with Crippen LogP contribution >= 0.6 is 11.8 Å². The largest absolute Gasteiger partial charge is 0.446 e. The third kappa shape index (κ3) is 5.42. The first-order valence-corrected chi connectivity index (χ1v) is 6.00. The van der Waals surface area contributed by atoms with Gasteiger partial charge in [-0.1, -0.05) is 12.1 Å². The highest BCUT2D eigenvalue weighted by atomic mass is 32.2. The molecule has 3 N–H and O–H groups in total. The summed E-state index contributed by atoms with van der Waals surface area (Å²) in [5.74, 6) is -0.403. The van der Waals surface area contributed by atoms with Gasteiger partial charge < -0.3 is 11.1 Å². The average Bonchev–Trinajstić information content (AvgIpc) is 2.17. The minimum Gasteiger partial charge on any atom is -0.327 e. The number of hydrogen-bond donors (Lipinski definition) is 2. The third-order valence-corrected chi connectivity index (χ3v) is 2.70. The van der Waals surface area contributed by atoms with Crippen LogP contribution in [0.3, 0.4) is 0 Å². The Morgan fingerprint density at radius 3 is 2.61 bits per heavy atom. The van der Waals surface area contributed by atoms with Gasteiger partial charge in [-0.05, 0) is 30.8 Å². The van der Waals surface area contributed by atoms with Crippen molar-refractivity contribution in [3.8, 4) is 0 Å². The van der Waals surface area contributed by atoms with Gasteiger partial charge in [-0.15, -0.1) is 0 Å². The van der Waals surface area contributed by atoms with Crippen molar-refractivity contribution in [2.75, 3.05) is 5.32 Å². The standard InChI is InChI=1S/C11H13F3N2OS/c1-7(15)6-10(17)16-8-4-2-3-5-9(8)18-11(12,13)14/h2-5,7H,6,15H2,1H3,(H,16,17). The topological polar surface area (TPSA) is 55.1 Å². The number of para-hydroxylation sites is 1. The van der Waals surface area contributed by atoms with Crippen molar-refractivity contribution in [2.45, 2.75) is 29.8 Å². The van der Waals surface area contributed by atoms with E-state index in [-0.39, 0.29) is 34.8 Å². The van der Waals surface area contributed by atoms with Crippen LogP contribution in [0.4, 0.5) is 18.9 Å². The predicted molar refractivity (Wildman–Crippen MR) is 65.3 cm³/mol. The molecule has 1 aromatic rings. The summed E-state index contributed by atoms with van der Waals surface area (Å²) in [6.45, 7) is 1.65. The second-order valence-corrected chi connectivity index (χ2v) is 4.88. The normalized spacial score (nSPS) is 13.2. The fourth-order valence-electron chi connectivity index (χ4n) is 1.28. The molecule has 3 nitrogen and oxygen atoms in total. The Balaban J connectivity index is 2.79. The van der Waals surface area contributed by atoms with E-state index in [0.29, 0.717) is 0 Å². The van der Waals surface area contributed by atoms with Gasteiger partial charge >= 0.3 is 5.51 Å². The molecule has 0 bridgehead atoms. The number of amides is 1. The van der Waals surface area contributed by atoms with Gasteiger partial charge in [-0.3, -0.25) is 4.79 Å². The first-order chi connectivity index (χ1) is 8.28. The summed E-state index contributed by atoms with van der Waals surface area (Å²) in [4.78, 5) is 11.4. The molecule has 1 rings (SSSR count).